The molecule has 1 aliphatic carbocycles. The maximum atomic E-state index is 13.1. The fourth-order valence-corrected chi connectivity index (χ4v) is 3.31. The summed E-state index contributed by atoms with van der Waals surface area (Å²) in [5.41, 5.74) is 1.41. The number of hydrogen-bond acceptors (Lipinski definition) is 4. The molecule has 30 heavy (non-hydrogen) atoms. The predicted octanol–water partition coefficient (Wildman–Crippen LogP) is 4.20. The van der Waals surface area contributed by atoms with Crippen LogP contribution in [0.2, 0.25) is 5.02 Å². The van der Waals surface area contributed by atoms with Crippen molar-refractivity contribution in [2.75, 3.05) is 0 Å². The molecule has 0 bridgehead atoms. The average molecular weight is 428 g/mol. The zero-order valence-corrected chi connectivity index (χ0v) is 16.7. The Morgan fingerprint density at radius 3 is 2.63 bits per heavy atom. The van der Waals surface area contributed by atoms with Crippen LogP contribution in [0.15, 0.2) is 59.1 Å². The van der Waals surface area contributed by atoms with E-state index in [9.17, 15) is 14.0 Å². The summed E-state index contributed by atoms with van der Waals surface area (Å²) < 4.78 is 18.4. The van der Waals surface area contributed by atoms with Crippen LogP contribution in [0.5, 0.6) is 0 Å². The summed E-state index contributed by atoms with van der Waals surface area (Å²) in [6.07, 6.45) is 1.79. The van der Waals surface area contributed by atoms with Crippen LogP contribution in [0.25, 0.3) is 0 Å². The number of benzene rings is 2. The van der Waals surface area contributed by atoms with E-state index in [4.69, 9.17) is 16.1 Å². The summed E-state index contributed by atoms with van der Waals surface area (Å²) in [5.74, 6) is -0.577. The van der Waals surface area contributed by atoms with Crippen LogP contribution in [0, 0.1) is 5.82 Å². The number of amides is 2. The summed E-state index contributed by atoms with van der Waals surface area (Å²) >= 11 is 5.95. The van der Waals surface area contributed by atoms with Gasteiger partial charge in [0, 0.05) is 29.2 Å². The van der Waals surface area contributed by atoms with Gasteiger partial charge in [0.25, 0.3) is 11.8 Å². The molecule has 3 aromatic rings. The lowest BCUT2D eigenvalue weighted by Gasteiger charge is -2.21. The highest BCUT2D eigenvalue weighted by atomic mass is 35.5. The van der Waals surface area contributed by atoms with Gasteiger partial charge in [0.15, 0.2) is 11.5 Å². The Kier molecular flexibility index (Phi) is 5.81. The van der Waals surface area contributed by atoms with E-state index in [1.807, 2.05) is 12.1 Å². The van der Waals surface area contributed by atoms with Crippen molar-refractivity contribution in [2.24, 2.45) is 0 Å². The minimum atomic E-state index is -0.395. The summed E-state index contributed by atoms with van der Waals surface area (Å²) in [6, 6.07) is 14.3. The second-order valence-electron chi connectivity index (χ2n) is 7.16. The zero-order valence-electron chi connectivity index (χ0n) is 16.0. The molecule has 2 aromatic carbocycles. The molecule has 1 heterocycles. The van der Waals surface area contributed by atoms with Crippen molar-refractivity contribution in [1.82, 2.24) is 15.4 Å². The van der Waals surface area contributed by atoms with Gasteiger partial charge in [0.2, 0.25) is 0 Å². The molecular weight excluding hydrogens is 409 g/mol. The first kappa shape index (κ1) is 20.1. The molecule has 0 spiro atoms. The fourth-order valence-electron chi connectivity index (χ4n) is 3.09. The smallest absolute Gasteiger partial charge is 0.273 e. The molecule has 2 amide bonds. The van der Waals surface area contributed by atoms with Gasteiger partial charge in [-0.1, -0.05) is 28.9 Å². The van der Waals surface area contributed by atoms with E-state index in [1.54, 1.807) is 17.0 Å². The van der Waals surface area contributed by atoms with Gasteiger partial charge in [-0.15, -0.1) is 0 Å². The lowest BCUT2D eigenvalue weighted by Crippen LogP contribution is -2.32. The number of halogens is 2. The highest BCUT2D eigenvalue weighted by Gasteiger charge is 2.34. The first-order valence-corrected chi connectivity index (χ1v) is 9.92. The molecule has 1 aromatic heterocycles. The number of rotatable bonds is 7. The quantitative estimate of drug-likeness (QED) is 0.613. The molecule has 4 rings (SSSR count). The fraction of sp³-hybridized carbons (Fsp3) is 0.227. The van der Waals surface area contributed by atoms with Gasteiger partial charge >= 0.3 is 0 Å². The number of carbonyl (C=O) groups is 2. The van der Waals surface area contributed by atoms with Gasteiger partial charge in [0.1, 0.15) is 5.82 Å². The molecule has 1 aliphatic rings. The molecule has 8 heteroatoms. The van der Waals surface area contributed by atoms with Gasteiger partial charge in [-0.25, -0.2) is 4.39 Å². The van der Waals surface area contributed by atoms with Crippen molar-refractivity contribution in [1.29, 1.82) is 0 Å². The normalized spacial score (nSPS) is 13.1. The largest absolute Gasteiger partial charge is 0.359 e. The van der Waals surface area contributed by atoms with Gasteiger partial charge in [-0.05, 0) is 54.8 Å². The molecule has 0 atom stereocenters. The van der Waals surface area contributed by atoms with E-state index in [0.29, 0.717) is 22.9 Å². The Labute approximate surface area is 177 Å². The van der Waals surface area contributed by atoms with E-state index in [0.717, 1.165) is 18.4 Å². The topological polar surface area (TPSA) is 75.4 Å². The van der Waals surface area contributed by atoms with E-state index >= 15 is 0 Å². The lowest BCUT2D eigenvalue weighted by molar-refractivity contribution is 0.0712. The molecule has 1 saturated carbocycles. The van der Waals surface area contributed by atoms with Crippen molar-refractivity contribution in [3.05, 3.63) is 88.0 Å². The summed E-state index contributed by atoms with van der Waals surface area (Å²) in [7, 11) is 0. The van der Waals surface area contributed by atoms with E-state index in [2.05, 4.69) is 10.5 Å². The number of hydrogen-bond donors (Lipinski definition) is 1. The van der Waals surface area contributed by atoms with Crippen LogP contribution >= 0.6 is 11.6 Å². The van der Waals surface area contributed by atoms with Crippen molar-refractivity contribution >= 4 is 23.4 Å². The monoisotopic (exact) mass is 427 g/mol. The Bertz CT molecular complexity index is 1060. The zero-order chi connectivity index (χ0) is 21.1. The van der Waals surface area contributed by atoms with Crippen molar-refractivity contribution in [3.8, 4) is 0 Å². The van der Waals surface area contributed by atoms with E-state index in [-0.39, 0.29) is 30.1 Å². The van der Waals surface area contributed by atoms with Crippen molar-refractivity contribution in [2.45, 2.75) is 32.0 Å². The van der Waals surface area contributed by atoms with Gasteiger partial charge < -0.3 is 14.7 Å². The first-order chi connectivity index (χ1) is 14.5. The number of nitrogens with one attached hydrogen (secondary N) is 1. The minimum absolute atomic E-state index is 0.104. The number of carbonyl (C=O) groups excluding carboxylic acids is 2. The third kappa shape index (κ3) is 4.86. The Balaban J connectivity index is 1.40. The van der Waals surface area contributed by atoms with Crippen LogP contribution in [-0.4, -0.2) is 27.9 Å². The molecular formula is C22H19ClFN3O3. The number of nitrogens with zero attached hydrogens (tertiary/aromatic N) is 2. The Morgan fingerprint density at radius 2 is 1.93 bits per heavy atom. The second kappa shape index (κ2) is 8.67. The summed E-state index contributed by atoms with van der Waals surface area (Å²) in [6.45, 7) is 0.494. The van der Waals surface area contributed by atoms with Crippen LogP contribution in [-0.2, 0) is 13.1 Å². The van der Waals surface area contributed by atoms with E-state index < -0.39 is 5.82 Å². The van der Waals surface area contributed by atoms with Crippen LogP contribution in [0.1, 0.15) is 45.0 Å². The molecule has 6 nitrogen and oxygen atoms in total. The molecule has 1 N–H and O–H groups in total. The minimum Gasteiger partial charge on any atom is -0.359 e. The van der Waals surface area contributed by atoms with Gasteiger partial charge in [0.05, 0.1) is 6.54 Å². The third-order valence-electron chi connectivity index (χ3n) is 4.80. The van der Waals surface area contributed by atoms with Crippen molar-refractivity contribution in [3.63, 3.8) is 0 Å². The third-order valence-corrected chi connectivity index (χ3v) is 5.03. The molecule has 1 fully saturated rings. The molecule has 0 unspecified atom stereocenters. The molecule has 154 valence electrons. The van der Waals surface area contributed by atoms with Crippen molar-refractivity contribution < 1.29 is 18.5 Å². The van der Waals surface area contributed by atoms with E-state index in [1.165, 1.54) is 30.3 Å². The predicted molar refractivity (Wildman–Crippen MR) is 108 cm³/mol. The SMILES string of the molecule is O=C(NCc1cccc(Cl)c1)c1cc(CN(C(=O)c2ccc(F)cc2)C2CC2)on1. The van der Waals surface area contributed by atoms with Crippen LogP contribution < -0.4 is 5.32 Å². The van der Waals surface area contributed by atoms with Crippen LogP contribution in [0.4, 0.5) is 4.39 Å². The van der Waals surface area contributed by atoms with Crippen LogP contribution in [0.3, 0.4) is 0 Å². The maximum absolute atomic E-state index is 13.1. The summed E-state index contributed by atoms with van der Waals surface area (Å²) in [5, 5.41) is 7.18. The molecule has 0 aliphatic heterocycles. The molecule has 0 saturated heterocycles. The Hall–Kier alpha value is -3.19. The molecule has 0 radical (unpaired) electrons. The Morgan fingerprint density at radius 1 is 1.17 bits per heavy atom. The lowest BCUT2D eigenvalue weighted by atomic mass is 10.2. The van der Waals surface area contributed by atoms with Gasteiger partial charge in [-0.3, -0.25) is 9.59 Å². The second-order valence-corrected chi connectivity index (χ2v) is 7.60. The maximum Gasteiger partial charge on any atom is 0.273 e. The average Bonchev–Trinajstić information content (AvgIpc) is 3.48. The highest BCUT2D eigenvalue weighted by Crippen LogP contribution is 2.30. The highest BCUT2D eigenvalue weighted by molar-refractivity contribution is 6.30. The standard InChI is InChI=1S/C22H19ClFN3O3/c23-16-3-1-2-14(10-16)12-25-21(28)20-11-19(30-26-20)13-27(18-8-9-18)22(29)15-4-6-17(24)7-5-15/h1-7,10-11,18H,8-9,12-13H2,(H,25,28). The summed E-state index contributed by atoms with van der Waals surface area (Å²) in [4.78, 5) is 26.8. The first-order valence-electron chi connectivity index (χ1n) is 9.54. The number of aromatic nitrogens is 1. The van der Waals surface area contributed by atoms with Gasteiger partial charge in [-0.2, -0.15) is 0 Å².